The molecule has 0 saturated heterocycles. The Hall–Kier alpha value is -1.84. The van der Waals surface area contributed by atoms with Crippen LogP contribution in [0.5, 0.6) is 0 Å². The summed E-state index contributed by atoms with van der Waals surface area (Å²) >= 11 is 6.12. The molecule has 0 aliphatic rings. The van der Waals surface area contributed by atoms with Gasteiger partial charge in [-0.1, -0.05) is 29.8 Å². The van der Waals surface area contributed by atoms with Crippen LogP contribution in [0, 0.1) is 0 Å². The number of H-pyrrole nitrogens is 1. The van der Waals surface area contributed by atoms with E-state index >= 15 is 0 Å². The van der Waals surface area contributed by atoms with Crippen molar-refractivity contribution in [1.29, 1.82) is 0 Å². The molecule has 4 heteroatoms. The van der Waals surface area contributed by atoms with Crippen molar-refractivity contribution >= 4 is 22.6 Å². The van der Waals surface area contributed by atoms with Crippen molar-refractivity contribution in [3.05, 3.63) is 64.9 Å². The molecule has 0 atom stereocenters. The summed E-state index contributed by atoms with van der Waals surface area (Å²) in [5, 5.41) is 5.37. The molecule has 3 rings (SSSR count). The minimum absolute atomic E-state index is 0.757. The van der Waals surface area contributed by atoms with Crippen molar-refractivity contribution in [3.8, 4) is 0 Å². The summed E-state index contributed by atoms with van der Waals surface area (Å²) in [6.07, 6.45) is 3.79. The van der Waals surface area contributed by atoms with Gasteiger partial charge in [-0.05, 0) is 29.3 Å². The third kappa shape index (κ3) is 2.62. The average molecular weight is 272 g/mol. The summed E-state index contributed by atoms with van der Waals surface area (Å²) in [5.41, 5.74) is 3.26. The Morgan fingerprint density at radius 3 is 2.79 bits per heavy atom. The molecule has 0 fully saturated rings. The van der Waals surface area contributed by atoms with E-state index in [1.807, 2.05) is 36.5 Å². The maximum atomic E-state index is 6.12. The molecule has 0 saturated carbocycles. The molecule has 0 aliphatic carbocycles. The molecule has 0 bridgehead atoms. The number of hydrogen-bond acceptors (Lipinski definition) is 2. The zero-order valence-electron chi connectivity index (χ0n) is 10.4. The van der Waals surface area contributed by atoms with Crippen LogP contribution in [0.4, 0.5) is 0 Å². The van der Waals surface area contributed by atoms with Crippen molar-refractivity contribution in [2.45, 2.75) is 13.1 Å². The van der Waals surface area contributed by atoms with Gasteiger partial charge in [-0.2, -0.15) is 0 Å². The van der Waals surface area contributed by atoms with Gasteiger partial charge in [0.15, 0.2) is 0 Å². The van der Waals surface area contributed by atoms with E-state index in [9.17, 15) is 0 Å². The van der Waals surface area contributed by atoms with Crippen molar-refractivity contribution < 1.29 is 0 Å². The molecule has 19 heavy (non-hydrogen) atoms. The van der Waals surface area contributed by atoms with Gasteiger partial charge in [0.05, 0.1) is 0 Å². The normalized spacial score (nSPS) is 11.0. The van der Waals surface area contributed by atoms with Gasteiger partial charge in [0.25, 0.3) is 0 Å². The summed E-state index contributed by atoms with van der Waals surface area (Å²) < 4.78 is 0. The fourth-order valence-electron chi connectivity index (χ4n) is 2.13. The highest BCUT2D eigenvalue weighted by Crippen LogP contribution is 2.17. The molecule has 2 N–H and O–H groups in total. The molecule has 3 aromatic rings. The van der Waals surface area contributed by atoms with E-state index in [4.69, 9.17) is 11.6 Å². The Kier molecular flexibility index (Phi) is 3.49. The predicted octanol–water partition coefficient (Wildman–Crippen LogP) is 3.51. The topological polar surface area (TPSA) is 40.7 Å². The molecule has 2 aromatic heterocycles. The lowest BCUT2D eigenvalue weighted by Gasteiger charge is -2.05. The smallest absolute Gasteiger partial charge is 0.137 e. The lowest BCUT2D eigenvalue weighted by Crippen LogP contribution is -2.12. The van der Waals surface area contributed by atoms with Crippen LogP contribution in [-0.2, 0) is 13.1 Å². The molecule has 3 nitrogen and oxygen atoms in total. The molecule has 2 heterocycles. The molecule has 0 unspecified atom stereocenters. The van der Waals surface area contributed by atoms with Crippen LogP contribution in [0.2, 0.25) is 5.02 Å². The Labute approximate surface area is 116 Å². The molecular weight excluding hydrogens is 258 g/mol. The minimum atomic E-state index is 0.757. The molecule has 96 valence electrons. The van der Waals surface area contributed by atoms with Gasteiger partial charge in [-0.3, -0.25) is 0 Å². The van der Waals surface area contributed by atoms with Gasteiger partial charge in [0, 0.05) is 35.9 Å². The highest BCUT2D eigenvalue weighted by molar-refractivity contribution is 6.31. The number of nitrogens with zero attached hydrogens (tertiary/aromatic N) is 1. The molecular formula is C15H14ClN3. The quantitative estimate of drug-likeness (QED) is 0.762. The molecule has 0 spiro atoms. The maximum absolute atomic E-state index is 6.12. The number of fused-ring (bicyclic) bond motifs is 1. The monoisotopic (exact) mass is 271 g/mol. The van der Waals surface area contributed by atoms with E-state index in [2.05, 4.69) is 21.4 Å². The number of aromatic amines is 1. The second-order valence-electron chi connectivity index (χ2n) is 4.41. The first-order valence-electron chi connectivity index (χ1n) is 6.20. The molecule has 0 radical (unpaired) electrons. The highest BCUT2D eigenvalue weighted by atomic mass is 35.5. The Balaban J connectivity index is 1.68. The Morgan fingerprint density at radius 1 is 1.05 bits per heavy atom. The van der Waals surface area contributed by atoms with E-state index < -0.39 is 0 Å². The van der Waals surface area contributed by atoms with Gasteiger partial charge in [-0.25, -0.2) is 4.98 Å². The number of aromatic nitrogens is 2. The predicted molar refractivity (Wildman–Crippen MR) is 78.1 cm³/mol. The Morgan fingerprint density at radius 2 is 1.89 bits per heavy atom. The largest absolute Gasteiger partial charge is 0.346 e. The van der Waals surface area contributed by atoms with Gasteiger partial charge in [0.2, 0.25) is 0 Å². The van der Waals surface area contributed by atoms with Gasteiger partial charge >= 0.3 is 0 Å². The van der Waals surface area contributed by atoms with Crippen molar-refractivity contribution in [3.63, 3.8) is 0 Å². The number of pyridine rings is 1. The lowest BCUT2D eigenvalue weighted by molar-refractivity contribution is 0.696. The maximum Gasteiger partial charge on any atom is 0.137 e. The SMILES string of the molecule is Clc1ccccc1CNCc1c[nH]c2ncccc12. The summed E-state index contributed by atoms with van der Waals surface area (Å²) in [6.45, 7) is 1.55. The number of benzene rings is 1. The van der Waals surface area contributed by atoms with Crippen LogP contribution in [0.3, 0.4) is 0 Å². The van der Waals surface area contributed by atoms with E-state index in [-0.39, 0.29) is 0 Å². The number of hydrogen-bond donors (Lipinski definition) is 2. The average Bonchev–Trinajstić information content (AvgIpc) is 2.85. The summed E-state index contributed by atoms with van der Waals surface area (Å²) in [4.78, 5) is 7.45. The zero-order valence-corrected chi connectivity index (χ0v) is 11.1. The molecule has 0 amide bonds. The first-order chi connectivity index (χ1) is 9.34. The third-order valence-corrected chi connectivity index (χ3v) is 3.49. The zero-order chi connectivity index (χ0) is 13.1. The highest BCUT2D eigenvalue weighted by Gasteiger charge is 2.04. The van der Waals surface area contributed by atoms with E-state index in [0.717, 1.165) is 34.7 Å². The van der Waals surface area contributed by atoms with Crippen molar-refractivity contribution in [1.82, 2.24) is 15.3 Å². The van der Waals surface area contributed by atoms with Gasteiger partial charge < -0.3 is 10.3 Å². The van der Waals surface area contributed by atoms with Crippen LogP contribution in [0.1, 0.15) is 11.1 Å². The third-order valence-electron chi connectivity index (χ3n) is 3.13. The Bertz CT molecular complexity index is 690. The van der Waals surface area contributed by atoms with E-state index in [1.165, 1.54) is 5.56 Å². The lowest BCUT2D eigenvalue weighted by atomic mass is 10.2. The number of rotatable bonds is 4. The number of nitrogens with one attached hydrogen (secondary N) is 2. The summed E-state index contributed by atoms with van der Waals surface area (Å²) in [5.74, 6) is 0. The van der Waals surface area contributed by atoms with Crippen LogP contribution in [0.15, 0.2) is 48.8 Å². The molecule has 1 aromatic carbocycles. The minimum Gasteiger partial charge on any atom is -0.346 e. The van der Waals surface area contributed by atoms with Gasteiger partial charge in [-0.15, -0.1) is 0 Å². The van der Waals surface area contributed by atoms with Crippen LogP contribution < -0.4 is 5.32 Å². The second kappa shape index (κ2) is 5.43. The summed E-state index contributed by atoms with van der Waals surface area (Å²) in [7, 11) is 0. The fourth-order valence-corrected chi connectivity index (χ4v) is 2.34. The van der Waals surface area contributed by atoms with Crippen LogP contribution >= 0.6 is 11.6 Å². The standard InChI is InChI=1S/C15H14ClN3/c16-14-6-2-1-4-11(14)8-17-9-12-10-19-15-13(12)5-3-7-18-15/h1-7,10,17H,8-9H2,(H,18,19). The first-order valence-corrected chi connectivity index (χ1v) is 6.57. The van der Waals surface area contributed by atoms with Crippen LogP contribution in [0.25, 0.3) is 11.0 Å². The van der Waals surface area contributed by atoms with E-state index in [0.29, 0.717) is 0 Å². The van der Waals surface area contributed by atoms with Crippen LogP contribution in [-0.4, -0.2) is 9.97 Å². The first kappa shape index (κ1) is 12.2. The van der Waals surface area contributed by atoms with Gasteiger partial charge in [0.1, 0.15) is 5.65 Å². The summed E-state index contributed by atoms with van der Waals surface area (Å²) in [6, 6.07) is 11.9. The fraction of sp³-hybridized carbons (Fsp3) is 0.133. The second-order valence-corrected chi connectivity index (χ2v) is 4.82. The van der Waals surface area contributed by atoms with Crippen molar-refractivity contribution in [2.75, 3.05) is 0 Å². The molecule has 0 aliphatic heterocycles. The van der Waals surface area contributed by atoms with E-state index in [1.54, 1.807) is 6.20 Å². The number of halogens is 1. The van der Waals surface area contributed by atoms with Crippen molar-refractivity contribution in [2.24, 2.45) is 0 Å².